The van der Waals surface area contributed by atoms with E-state index in [9.17, 15) is 4.79 Å². The average molecular weight is 373 g/mol. The van der Waals surface area contributed by atoms with Crippen LogP contribution < -0.4 is 5.32 Å². The monoisotopic (exact) mass is 372 g/mol. The Kier molecular flexibility index (Phi) is 4.39. The van der Waals surface area contributed by atoms with Crippen LogP contribution in [0.1, 0.15) is 57.7 Å². The molecule has 2 N–H and O–H groups in total. The van der Waals surface area contributed by atoms with Crippen molar-refractivity contribution in [1.82, 2.24) is 14.8 Å². The number of hydrogen-bond donors (Lipinski definition) is 2. The molecule has 0 saturated carbocycles. The predicted octanol–water partition coefficient (Wildman–Crippen LogP) is 5.32. The number of aromatic amines is 1. The van der Waals surface area contributed by atoms with Crippen molar-refractivity contribution in [3.8, 4) is 0 Å². The summed E-state index contributed by atoms with van der Waals surface area (Å²) in [4.78, 5) is 16.0. The molecule has 0 aliphatic heterocycles. The molecule has 2 aromatic heterocycles. The van der Waals surface area contributed by atoms with Crippen molar-refractivity contribution in [2.45, 2.75) is 52.5 Å². The van der Waals surface area contributed by atoms with Gasteiger partial charge in [0.1, 0.15) is 11.5 Å². The summed E-state index contributed by atoms with van der Waals surface area (Å²) in [6, 6.07) is 9.52. The molecule has 138 valence electrons. The number of carbonyl (C=O) groups is 1. The lowest BCUT2D eigenvalue weighted by molar-refractivity contribution is 0.102. The van der Waals surface area contributed by atoms with E-state index in [1.54, 1.807) is 0 Å². The Bertz CT molecular complexity index is 970. The highest BCUT2D eigenvalue weighted by atomic mass is 35.5. The van der Waals surface area contributed by atoms with Crippen LogP contribution in [0.2, 0.25) is 5.02 Å². The lowest BCUT2D eigenvalue weighted by atomic mass is 9.92. The fourth-order valence-electron chi connectivity index (χ4n) is 2.79. The molecule has 0 radical (unpaired) electrons. The second kappa shape index (κ2) is 6.16. The predicted molar refractivity (Wildman–Crippen MR) is 107 cm³/mol. The number of carbonyl (C=O) groups excluding carboxylic acids is 1. The standard InChI is InChI=1S/C20H25ClN4O/c1-19(2,3)14-11-15(25(24-14)20(4,5)6)23-18(26)17-16(21)12-9-7-8-10-13(12)22-17/h7-11,22H,1-6H3,(H,23,26). The van der Waals surface area contributed by atoms with Gasteiger partial charge in [0, 0.05) is 22.4 Å². The van der Waals surface area contributed by atoms with Crippen LogP contribution in [0.25, 0.3) is 10.9 Å². The third-order valence-electron chi connectivity index (χ3n) is 4.22. The smallest absolute Gasteiger partial charge is 0.274 e. The van der Waals surface area contributed by atoms with Gasteiger partial charge in [-0.1, -0.05) is 50.6 Å². The van der Waals surface area contributed by atoms with Crippen molar-refractivity contribution in [3.63, 3.8) is 0 Å². The topological polar surface area (TPSA) is 62.7 Å². The number of hydrogen-bond acceptors (Lipinski definition) is 2. The largest absolute Gasteiger partial charge is 0.349 e. The van der Waals surface area contributed by atoms with Crippen molar-refractivity contribution in [2.75, 3.05) is 5.32 Å². The molecule has 0 aliphatic carbocycles. The molecule has 0 aliphatic rings. The molecule has 0 fully saturated rings. The summed E-state index contributed by atoms with van der Waals surface area (Å²) in [5, 5.41) is 8.96. The number of H-pyrrole nitrogens is 1. The van der Waals surface area contributed by atoms with Gasteiger partial charge in [0.25, 0.3) is 5.91 Å². The van der Waals surface area contributed by atoms with Gasteiger partial charge in [-0.15, -0.1) is 0 Å². The first-order valence-electron chi connectivity index (χ1n) is 8.67. The van der Waals surface area contributed by atoms with Gasteiger partial charge in [-0.3, -0.25) is 4.79 Å². The van der Waals surface area contributed by atoms with Crippen molar-refractivity contribution >= 4 is 34.2 Å². The Morgan fingerprint density at radius 2 is 1.81 bits per heavy atom. The Morgan fingerprint density at radius 1 is 1.15 bits per heavy atom. The Morgan fingerprint density at radius 3 is 2.38 bits per heavy atom. The summed E-state index contributed by atoms with van der Waals surface area (Å²) in [6.45, 7) is 12.5. The molecule has 0 spiro atoms. The zero-order valence-corrected chi connectivity index (χ0v) is 16.8. The molecule has 6 heteroatoms. The van der Waals surface area contributed by atoms with Gasteiger partial charge in [-0.2, -0.15) is 5.10 Å². The van der Waals surface area contributed by atoms with Crippen LogP contribution in [-0.4, -0.2) is 20.7 Å². The SMILES string of the molecule is CC(C)(C)c1cc(NC(=O)c2[nH]c3ccccc3c2Cl)n(C(C)(C)C)n1. The molecule has 5 nitrogen and oxygen atoms in total. The van der Waals surface area contributed by atoms with Gasteiger partial charge in [-0.25, -0.2) is 4.68 Å². The fraction of sp³-hybridized carbons (Fsp3) is 0.400. The second-order valence-corrected chi connectivity index (χ2v) is 8.94. The van der Waals surface area contributed by atoms with E-state index in [0.717, 1.165) is 16.6 Å². The Balaban J connectivity index is 2.01. The van der Waals surface area contributed by atoms with Crippen LogP contribution in [-0.2, 0) is 11.0 Å². The summed E-state index contributed by atoms with van der Waals surface area (Å²) >= 11 is 6.41. The normalized spacial score (nSPS) is 12.6. The van der Waals surface area contributed by atoms with Crippen molar-refractivity contribution in [1.29, 1.82) is 0 Å². The molecule has 0 atom stereocenters. The number of aromatic nitrogens is 3. The number of rotatable bonds is 2. The summed E-state index contributed by atoms with van der Waals surface area (Å²) in [7, 11) is 0. The van der Waals surface area contributed by atoms with Crippen molar-refractivity contribution in [2.24, 2.45) is 0 Å². The first kappa shape index (κ1) is 18.5. The van der Waals surface area contributed by atoms with Crippen LogP contribution in [0.4, 0.5) is 5.82 Å². The minimum Gasteiger partial charge on any atom is -0.349 e. The van der Waals surface area contributed by atoms with E-state index in [-0.39, 0.29) is 16.9 Å². The molecule has 0 bridgehead atoms. The summed E-state index contributed by atoms with van der Waals surface area (Å²) in [5.41, 5.74) is 1.73. The number of halogens is 1. The highest BCUT2D eigenvalue weighted by Crippen LogP contribution is 2.30. The quantitative estimate of drug-likeness (QED) is 0.639. The number of benzene rings is 1. The Hall–Kier alpha value is -2.27. The maximum Gasteiger partial charge on any atom is 0.274 e. The number of para-hydroxylation sites is 1. The van der Waals surface area contributed by atoms with Crippen LogP contribution in [0.15, 0.2) is 30.3 Å². The van der Waals surface area contributed by atoms with Crippen LogP contribution in [0.5, 0.6) is 0 Å². The second-order valence-electron chi connectivity index (χ2n) is 8.56. The van der Waals surface area contributed by atoms with Gasteiger partial charge in [-0.05, 0) is 26.8 Å². The molecule has 1 aromatic carbocycles. The van der Waals surface area contributed by atoms with Gasteiger partial charge in [0.05, 0.1) is 16.3 Å². The molecule has 3 aromatic rings. The molecular formula is C20H25ClN4O. The average Bonchev–Trinajstić information content (AvgIpc) is 3.09. The van der Waals surface area contributed by atoms with E-state index < -0.39 is 0 Å². The van der Waals surface area contributed by atoms with E-state index >= 15 is 0 Å². The third-order valence-corrected chi connectivity index (χ3v) is 4.62. The molecule has 26 heavy (non-hydrogen) atoms. The van der Waals surface area contributed by atoms with E-state index in [4.69, 9.17) is 16.7 Å². The molecular weight excluding hydrogens is 348 g/mol. The highest BCUT2D eigenvalue weighted by molar-refractivity contribution is 6.39. The number of amides is 1. The summed E-state index contributed by atoms with van der Waals surface area (Å²) < 4.78 is 1.85. The molecule has 2 heterocycles. The van der Waals surface area contributed by atoms with Gasteiger partial charge >= 0.3 is 0 Å². The Labute approximate surface area is 158 Å². The lowest BCUT2D eigenvalue weighted by Crippen LogP contribution is -2.27. The maximum absolute atomic E-state index is 12.9. The van der Waals surface area contributed by atoms with Gasteiger partial charge in [0.15, 0.2) is 0 Å². The van der Waals surface area contributed by atoms with Gasteiger partial charge < -0.3 is 10.3 Å². The third kappa shape index (κ3) is 3.36. The lowest BCUT2D eigenvalue weighted by Gasteiger charge is -2.23. The van der Waals surface area contributed by atoms with E-state index in [1.165, 1.54) is 0 Å². The zero-order valence-electron chi connectivity index (χ0n) is 16.1. The van der Waals surface area contributed by atoms with E-state index in [1.807, 2.05) is 35.0 Å². The van der Waals surface area contributed by atoms with Crippen LogP contribution in [0, 0.1) is 0 Å². The van der Waals surface area contributed by atoms with Gasteiger partial charge in [0.2, 0.25) is 0 Å². The number of fused-ring (bicyclic) bond motifs is 1. The van der Waals surface area contributed by atoms with Crippen LogP contribution >= 0.6 is 11.6 Å². The molecule has 3 rings (SSSR count). The van der Waals surface area contributed by atoms with E-state index in [0.29, 0.717) is 16.5 Å². The molecule has 0 unspecified atom stereocenters. The zero-order chi connectivity index (χ0) is 19.3. The summed E-state index contributed by atoms with van der Waals surface area (Å²) in [5.74, 6) is 0.374. The van der Waals surface area contributed by atoms with Crippen LogP contribution in [0.3, 0.4) is 0 Å². The highest BCUT2D eigenvalue weighted by Gasteiger charge is 2.26. The molecule has 0 saturated heterocycles. The van der Waals surface area contributed by atoms with E-state index in [2.05, 4.69) is 51.8 Å². The summed E-state index contributed by atoms with van der Waals surface area (Å²) in [6.07, 6.45) is 0. The minimum absolute atomic E-state index is 0.116. The first-order chi connectivity index (χ1) is 12.0. The van der Waals surface area contributed by atoms with Crippen molar-refractivity contribution < 1.29 is 4.79 Å². The number of anilines is 1. The number of nitrogens with one attached hydrogen (secondary N) is 2. The molecule has 1 amide bonds. The van der Waals surface area contributed by atoms with Crippen molar-refractivity contribution in [3.05, 3.63) is 46.7 Å². The fourth-order valence-corrected chi connectivity index (χ4v) is 3.09. The first-order valence-corrected chi connectivity index (χ1v) is 9.05. The minimum atomic E-state index is -0.281. The number of nitrogens with zero attached hydrogens (tertiary/aromatic N) is 2. The maximum atomic E-state index is 12.9.